The summed E-state index contributed by atoms with van der Waals surface area (Å²) in [7, 11) is 0. The van der Waals surface area contributed by atoms with Crippen LogP contribution >= 0.6 is 11.6 Å². The predicted octanol–water partition coefficient (Wildman–Crippen LogP) is 3.41. The summed E-state index contributed by atoms with van der Waals surface area (Å²) >= 11 is 5.97. The average molecular weight is 325 g/mol. The standard InChI is InChI=1S/C17H18BClN4/c19-16-6-15(21-13-2-1-3-13)14(22-23-16)5-4-12-7-17(8-12)9-18(10-17)11-20/h6,12-13H,1-3,7-10H2,(H,21,23). The quantitative estimate of drug-likeness (QED) is 0.669. The summed E-state index contributed by atoms with van der Waals surface area (Å²) in [5.74, 6) is 9.34. The van der Waals surface area contributed by atoms with Crippen molar-refractivity contribution in [2.75, 3.05) is 5.32 Å². The topological polar surface area (TPSA) is 61.6 Å². The van der Waals surface area contributed by atoms with Gasteiger partial charge in [-0.05, 0) is 43.4 Å². The Morgan fingerprint density at radius 3 is 2.74 bits per heavy atom. The van der Waals surface area contributed by atoms with Gasteiger partial charge < -0.3 is 5.32 Å². The highest BCUT2D eigenvalue weighted by Crippen LogP contribution is 2.59. The molecule has 3 fully saturated rings. The number of rotatable bonds is 2. The van der Waals surface area contributed by atoms with E-state index in [1.807, 2.05) is 6.07 Å². The molecule has 1 aromatic heterocycles. The number of nitrogens with one attached hydrogen (secondary N) is 1. The molecule has 2 aliphatic carbocycles. The maximum atomic E-state index is 8.89. The van der Waals surface area contributed by atoms with E-state index in [2.05, 4.69) is 33.3 Å². The molecule has 0 aromatic carbocycles. The van der Waals surface area contributed by atoms with Crippen LogP contribution in [0.5, 0.6) is 0 Å². The average Bonchev–Trinajstić information content (AvgIpc) is 2.41. The fourth-order valence-electron chi connectivity index (χ4n) is 4.01. The zero-order valence-corrected chi connectivity index (χ0v) is 13.7. The van der Waals surface area contributed by atoms with Gasteiger partial charge in [0.2, 0.25) is 0 Å². The lowest BCUT2D eigenvalue weighted by atomic mass is 9.23. The lowest BCUT2D eigenvalue weighted by molar-refractivity contribution is 0.114. The highest BCUT2D eigenvalue weighted by molar-refractivity contribution is 6.70. The van der Waals surface area contributed by atoms with E-state index in [1.54, 1.807) is 0 Å². The maximum Gasteiger partial charge on any atom is 0.268 e. The number of hydrogen-bond acceptors (Lipinski definition) is 4. The minimum atomic E-state index is 0.282. The van der Waals surface area contributed by atoms with Crippen LogP contribution < -0.4 is 5.32 Å². The number of hydrogen-bond donors (Lipinski definition) is 1. The van der Waals surface area contributed by atoms with Gasteiger partial charge in [0.25, 0.3) is 6.71 Å². The molecule has 1 aromatic rings. The third-order valence-electron chi connectivity index (χ3n) is 5.52. The van der Waals surface area contributed by atoms with Crippen LogP contribution in [0, 0.1) is 34.4 Å². The van der Waals surface area contributed by atoms with Crippen molar-refractivity contribution < 1.29 is 0 Å². The second-order valence-corrected chi connectivity index (χ2v) is 7.70. The van der Waals surface area contributed by atoms with Gasteiger partial charge in [0.1, 0.15) is 0 Å². The summed E-state index contributed by atoms with van der Waals surface area (Å²) < 4.78 is 0. The fourth-order valence-corrected chi connectivity index (χ4v) is 4.16. The molecule has 1 saturated heterocycles. The Morgan fingerprint density at radius 1 is 1.30 bits per heavy atom. The molecule has 23 heavy (non-hydrogen) atoms. The lowest BCUT2D eigenvalue weighted by Crippen LogP contribution is -2.50. The van der Waals surface area contributed by atoms with Gasteiger partial charge >= 0.3 is 0 Å². The smallest absolute Gasteiger partial charge is 0.268 e. The molecular weight excluding hydrogens is 306 g/mol. The van der Waals surface area contributed by atoms with Crippen LogP contribution in [-0.4, -0.2) is 23.0 Å². The van der Waals surface area contributed by atoms with Crippen LogP contribution in [0.25, 0.3) is 0 Å². The molecule has 4 nitrogen and oxygen atoms in total. The van der Waals surface area contributed by atoms with E-state index in [9.17, 15) is 0 Å². The van der Waals surface area contributed by atoms with E-state index in [-0.39, 0.29) is 6.71 Å². The van der Waals surface area contributed by atoms with Crippen LogP contribution in [0.15, 0.2) is 6.07 Å². The van der Waals surface area contributed by atoms with E-state index in [1.165, 1.54) is 19.3 Å². The first-order valence-electron chi connectivity index (χ1n) is 8.37. The molecule has 0 radical (unpaired) electrons. The number of aromatic nitrogens is 2. The molecule has 0 unspecified atom stereocenters. The molecule has 2 saturated carbocycles. The first-order chi connectivity index (χ1) is 11.2. The molecule has 1 spiro atoms. The van der Waals surface area contributed by atoms with Gasteiger partial charge in [-0.15, -0.1) is 10.2 Å². The zero-order chi connectivity index (χ0) is 15.9. The summed E-state index contributed by atoms with van der Waals surface area (Å²) in [5, 5.41) is 20.9. The second-order valence-electron chi connectivity index (χ2n) is 7.31. The van der Waals surface area contributed by atoms with Gasteiger partial charge in [-0.3, -0.25) is 0 Å². The van der Waals surface area contributed by atoms with Crippen molar-refractivity contribution in [2.45, 2.75) is 50.8 Å². The van der Waals surface area contributed by atoms with Crippen molar-refractivity contribution in [3.05, 3.63) is 16.9 Å². The van der Waals surface area contributed by atoms with Crippen molar-refractivity contribution in [3.63, 3.8) is 0 Å². The minimum Gasteiger partial charge on any atom is -0.380 e. The van der Waals surface area contributed by atoms with Gasteiger partial charge in [0.05, 0.1) is 5.69 Å². The largest absolute Gasteiger partial charge is 0.380 e. The molecule has 0 amide bonds. The van der Waals surface area contributed by atoms with Crippen LogP contribution in [0.2, 0.25) is 17.8 Å². The minimum absolute atomic E-state index is 0.282. The van der Waals surface area contributed by atoms with Crippen molar-refractivity contribution in [3.8, 4) is 17.8 Å². The van der Waals surface area contributed by atoms with Crippen molar-refractivity contribution in [2.24, 2.45) is 11.3 Å². The molecule has 1 N–H and O–H groups in total. The van der Waals surface area contributed by atoms with Crippen LogP contribution in [0.4, 0.5) is 5.69 Å². The molecule has 6 heteroatoms. The highest BCUT2D eigenvalue weighted by Gasteiger charge is 2.54. The summed E-state index contributed by atoms with van der Waals surface area (Å²) in [4.78, 5) is 0. The van der Waals surface area contributed by atoms with E-state index >= 15 is 0 Å². The molecule has 3 aliphatic rings. The Hall–Kier alpha value is -1.72. The molecule has 116 valence electrons. The van der Waals surface area contributed by atoms with Gasteiger partial charge in [-0.2, -0.15) is 0 Å². The molecule has 4 rings (SSSR count). The summed E-state index contributed by atoms with van der Waals surface area (Å²) in [6.07, 6.45) is 8.05. The van der Waals surface area contributed by atoms with Crippen LogP contribution in [-0.2, 0) is 0 Å². The fraction of sp³-hybridized carbons (Fsp3) is 0.588. The summed E-state index contributed by atoms with van der Waals surface area (Å²) in [6, 6.07) is 2.34. The van der Waals surface area contributed by atoms with Crippen molar-refractivity contribution in [1.29, 1.82) is 5.26 Å². The Bertz CT molecular complexity index is 714. The normalized spacial score (nSPS) is 22.2. The van der Waals surface area contributed by atoms with Gasteiger partial charge in [0, 0.05) is 24.0 Å². The maximum absolute atomic E-state index is 8.89. The molecule has 1 aliphatic heterocycles. The molecule has 0 atom stereocenters. The molecule has 0 bridgehead atoms. The van der Waals surface area contributed by atoms with Gasteiger partial charge in [-0.25, -0.2) is 5.26 Å². The lowest BCUT2D eigenvalue weighted by Gasteiger charge is -2.54. The van der Waals surface area contributed by atoms with E-state index < -0.39 is 0 Å². The van der Waals surface area contributed by atoms with Crippen molar-refractivity contribution in [1.82, 2.24) is 10.2 Å². The predicted molar refractivity (Wildman–Crippen MR) is 91.3 cm³/mol. The monoisotopic (exact) mass is 324 g/mol. The zero-order valence-electron chi connectivity index (χ0n) is 13.0. The van der Waals surface area contributed by atoms with E-state index in [0.29, 0.717) is 28.2 Å². The van der Waals surface area contributed by atoms with E-state index in [0.717, 1.165) is 31.2 Å². The number of anilines is 1. The molecule has 2 heterocycles. The Balaban J connectivity index is 1.41. The first-order valence-corrected chi connectivity index (χ1v) is 8.74. The third-order valence-corrected chi connectivity index (χ3v) is 5.71. The first kappa shape index (κ1) is 14.9. The van der Waals surface area contributed by atoms with Gasteiger partial charge in [0.15, 0.2) is 10.8 Å². The SMILES string of the molecule is N#CB1CC2(C1)CC(C#Cc1nnc(Cl)cc1NC1CCC1)C2. The summed E-state index contributed by atoms with van der Waals surface area (Å²) in [5.41, 5.74) is 2.04. The van der Waals surface area contributed by atoms with Gasteiger partial charge in [-0.1, -0.05) is 30.2 Å². The highest BCUT2D eigenvalue weighted by atomic mass is 35.5. The number of nitrogens with zero attached hydrogens (tertiary/aromatic N) is 3. The number of nitriles is 1. The second kappa shape index (κ2) is 5.73. The molecular formula is C17H18BClN4. The Morgan fingerprint density at radius 2 is 2.09 bits per heavy atom. The Kier molecular flexibility index (Phi) is 3.70. The third kappa shape index (κ3) is 2.91. The summed E-state index contributed by atoms with van der Waals surface area (Å²) in [6.45, 7) is 0.282. The van der Waals surface area contributed by atoms with Crippen molar-refractivity contribution >= 4 is 24.0 Å². The Labute approximate surface area is 142 Å². The van der Waals surface area contributed by atoms with Crippen LogP contribution in [0.1, 0.15) is 37.8 Å². The van der Waals surface area contributed by atoms with Crippen LogP contribution in [0.3, 0.4) is 0 Å². The number of halogens is 1. The van der Waals surface area contributed by atoms with E-state index in [4.69, 9.17) is 16.9 Å².